The maximum Gasteiger partial charge on any atom is 0.213 e. The summed E-state index contributed by atoms with van der Waals surface area (Å²) in [6.07, 6.45) is 3.72. The number of benzene rings is 2. The van der Waals surface area contributed by atoms with Crippen LogP contribution < -0.4 is 4.57 Å². The summed E-state index contributed by atoms with van der Waals surface area (Å²) < 4.78 is 2.30. The molecular weight excluding hydrogens is 316 g/mol. The molecule has 0 radical (unpaired) electrons. The van der Waals surface area contributed by atoms with E-state index in [1.54, 1.807) is 0 Å². The molecule has 0 fully saturated rings. The second kappa shape index (κ2) is 6.38. The molecule has 128 valence electrons. The van der Waals surface area contributed by atoms with Gasteiger partial charge in [0, 0.05) is 41.0 Å². The van der Waals surface area contributed by atoms with Crippen LogP contribution in [0.4, 0.5) is 0 Å². The van der Waals surface area contributed by atoms with Gasteiger partial charge in [0.1, 0.15) is 7.05 Å². The van der Waals surface area contributed by atoms with Crippen LogP contribution in [-0.4, -0.2) is 4.98 Å². The second-order valence-electron chi connectivity index (χ2n) is 7.05. The van der Waals surface area contributed by atoms with Crippen LogP contribution >= 0.6 is 0 Å². The number of hydrogen-bond donors (Lipinski definition) is 0. The summed E-state index contributed by atoms with van der Waals surface area (Å²) in [6, 6.07) is 19.7. The summed E-state index contributed by atoms with van der Waals surface area (Å²) in [5.74, 6) is 0. The Morgan fingerprint density at radius 1 is 0.846 bits per heavy atom. The van der Waals surface area contributed by atoms with Gasteiger partial charge in [-0.05, 0) is 67.8 Å². The van der Waals surface area contributed by atoms with Gasteiger partial charge in [-0.1, -0.05) is 17.7 Å². The fourth-order valence-corrected chi connectivity index (χ4v) is 3.69. The minimum Gasteiger partial charge on any atom is -0.264 e. The first kappa shape index (κ1) is 16.5. The van der Waals surface area contributed by atoms with Crippen LogP contribution in [0.5, 0.6) is 0 Å². The lowest BCUT2D eigenvalue weighted by Crippen LogP contribution is -2.32. The Balaban J connectivity index is 1.89. The molecule has 2 aromatic carbocycles. The fourth-order valence-electron chi connectivity index (χ4n) is 3.69. The molecule has 2 heteroatoms. The first-order valence-electron chi connectivity index (χ1n) is 8.96. The summed E-state index contributed by atoms with van der Waals surface area (Å²) in [6.45, 7) is 6.56. The van der Waals surface area contributed by atoms with Gasteiger partial charge in [-0.3, -0.25) is 4.98 Å². The third-order valence-electron chi connectivity index (χ3n) is 5.25. The van der Waals surface area contributed by atoms with Crippen molar-refractivity contribution >= 4 is 10.9 Å². The van der Waals surface area contributed by atoms with Crippen LogP contribution in [0.3, 0.4) is 0 Å². The first-order valence-corrected chi connectivity index (χ1v) is 8.96. The Labute approximate surface area is 154 Å². The molecule has 2 heterocycles. The van der Waals surface area contributed by atoms with E-state index in [4.69, 9.17) is 0 Å². The molecule has 0 spiro atoms. The number of rotatable bonds is 2. The minimum atomic E-state index is 1.14. The van der Waals surface area contributed by atoms with E-state index in [9.17, 15) is 0 Å². The summed E-state index contributed by atoms with van der Waals surface area (Å²) in [5, 5.41) is 1.24. The minimum absolute atomic E-state index is 1.14. The van der Waals surface area contributed by atoms with E-state index in [0.29, 0.717) is 0 Å². The molecule has 26 heavy (non-hydrogen) atoms. The highest BCUT2D eigenvalue weighted by Gasteiger charge is 2.17. The van der Waals surface area contributed by atoms with Gasteiger partial charge in [-0.15, -0.1) is 0 Å². The Morgan fingerprint density at radius 2 is 1.69 bits per heavy atom. The number of nitrogens with zero attached hydrogens (tertiary/aromatic N) is 2. The largest absolute Gasteiger partial charge is 0.264 e. The van der Waals surface area contributed by atoms with Gasteiger partial charge < -0.3 is 0 Å². The summed E-state index contributed by atoms with van der Waals surface area (Å²) in [5.41, 5.74) is 10.1. The number of hydrogen-bond acceptors (Lipinski definition) is 1. The normalized spacial score (nSPS) is 11.1. The fraction of sp³-hybridized carbons (Fsp3) is 0.167. The van der Waals surface area contributed by atoms with Crippen LogP contribution in [0.1, 0.15) is 16.7 Å². The molecule has 2 nitrogen and oxygen atoms in total. The third kappa shape index (κ3) is 2.78. The van der Waals surface area contributed by atoms with E-state index in [0.717, 1.165) is 5.56 Å². The van der Waals surface area contributed by atoms with Gasteiger partial charge in [0.25, 0.3) is 0 Å². The van der Waals surface area contributed by atoms with Gasteiger partial charge >= 0.3 is 0 Å². The standard InChI is InChI=1S/C24H23N2/c1-16-12-17(2)18(3)22(13-16)24-10-8-20-14-19(7-9-23(20)26(24)4)21-6-5-11-25-15-21/h5-15H,1-4H3/q+1. The van der Waals surface area contributed by atoms with Crippen molar-refractivity contribution in [3.8, 4) is 22.4 Å². The van der Waals surface area contributed by atoms with Crippen molar-refractivity contribution in [1.29, 1.82) is 0 Å². The van der Waals surface area contributed by atoms with Crippen molar-refractivity contribution in [2.75, 3.05) is 0 Å². The third-order valence-corrected chi connectivity index (χ3v) is 5.25. The Morgan fingerprint density at radius 3 is 2.46 bits per heavy atom. The lowest BCUT2D eigenvalue weighted by Gasteiger charge is -2.11. The van der Waals surface area contributed by atoms with E-state index < -0.39 is 0 Å². The smallest absolute Gasteiger partial charge is 0.213 e. The second-order valence-corrected chi connectivity index (χ2v) is 7.05. The molecule has 0 aliphatic heterocycles. The Kier molecular flexibility index (Phi) is 4.04. The molecule has 4 aromatic rings. The Hall–Kier alpha value is -3.00. The zero-order valence-electron chi connectivity index (χ0n) is 15.7. The summed E-state index contributed by atoms with van der Waals surface area (Å²) >= 11 is 0. The quantitative estimate of drug-likeness (QED) is 0.452. The monoisotopic (exact) mass is 339 g/mol. The Bertz CT molecular complexity index is 1110. The number of pyridine rings is 2. The van der Waals surface area contributed by atoms with Crippen molar-refractivity contribution in [2.45, 2.75) is 20.8 Å². The molecule has 0 saturated carbocycles. The van der Waals surface area contributed by atoms with Crippen LogP contribution in [0, 0.1) is 20.8 Å². The summed E-state index contributed by atoms with van der Waals surface area (Å²) in [4.78, 5) is 4.23. The molecule has 0 saturated heterocycles. The van der Waals surface area contributed by atoms with Crippen molar-refractivity contribution in [3.05, 3.63) is 83.7 Å². The average Bonchev–Trinajstić information content (AvgIpc) is 2.66. The highest BCUT2D eigenvalue weighted by atomic mass is 14.9. The van der Waals surface area contributed by atoms with E-state index in [-0.39, 0.29) is 0 Å². The maximum absolute atomic E-state index is 4.23. The molecule has 0 atom stereocenters. The van der Waals surface area contributed by atoms with Crippen molar-refractivity contribution in [2.24, 2.45) is 7.05 Å². The predicted molar refractivity (Wildman–Crippen MR) is 108 cm³/mol. The average molecular weight is 339 g/mol. The van der Waals surface area contributed by atoms with Crippen LogP contribution in [0.15, 0.2) is 67.0 Å². The molecule has 4 rings (SSSR count). The SMILES string of the molecule is Cc1cc(C)c(C)c(-c2ccc3cc(-c4cccnc4)ccc3[n+]2C)c1. The number of aromatic nitrogens is 2. The zero-order valence-corrected chi connectivity index (χ0v) is 15.7. The van der Waals surface area contributed by atoms with Crippen molar-refractivity contribution in [3.63, 3.8) is 0 Å². The van der Waals surface area contributed by atoms with Gasteiger partial charge in [-0.2, -0.15) is 4.57 Å². The number of aryl methyl sites for hydroxylation is 3. The van der Waals surface area contributed by atoms with Crippen LogP contribution in [-0.2, 0) is 7.05 Å². The molecule has 0 unspecified atom stereocenters. The van der Waals surface area contributed by atoms with Gasteiger partial charge in [-0.25, -0.2) is 0 Å². The van der Waals surface area contributed by atoms with E-state index in [1.165, 1.54) is 44.4 Å². The highest BCUT2D eigenvalue weighted by molar-refractivity contribution is 5.83. The van der Waals surface area contributed by atoms with Gasteiger partial charge in [0.05, 0.1) is 0 Å². The molecule has 0 bridgehead atoms. The van der Waals surface area contributed by atoms with Crippen LogP contribution in [0.25, 0.3) is 33.3 Å². The molecule has 0 aliphatic rings. The molecular formula is C24H23N2+. The molecule has 2 aromatic heterocycles. The van der Waals surface area contributed by atoms with E-state index in [1.807, 2.05) is 18.5 Å². The number of fused-ring (bicyclic) bond motifs is 1. The van der Waals surface area contributed by atoms with Crippen LogP contribution in [0.2, 0.25) is 0 Å². The maximum atomic E-state index is 4.23. The molecule has 0 amide bonds. The molecule has 0 N–H and O–H groups in total. The van der Waals surface area contributed by atoms with Gasteiger partial charge in [0.15, 0.2) is 0 Å². The highest BCUT2D eigenvalue weighted by Crippen LogP contribution is 2.28. The predicted octanol–water partition coefficient (Wildman–Crippen LogP) is 5.32. The molecule has 0 aliphatic carbocycles. The summed E-state index contributed by atoms with van der Waals surface area (Å²) in [7, 11) is 2.15. The first-order chi connectivity index (χ1) is 12.5. The lowest BCUT2D eigenvalue weighted by atomic mass is 9.96. The van der Waals surface area contributed by atoms with Crippen molar-refractivity contribution in [1.82, 2.24) is 4.98 Å². The van der Waals surface area contributed by atoms with E-state index in [2.05, 4.69) is 85.9 Å². The van der Waals surface area contributed by atoms with Gasteiger partial charge in [0.2, 0.25) is 11.2 Å². The lowest BCUT2D eigenvalue weighted by molar-refractivity contribution is -0.633. The topological polar surface area (TPSA) is 16.8 Å². The zero-order chi connectivity index (χ0) is 18.3. The van der Waals surface area contributed by atoms with Crippen molar-refractivity contribution < 1.29 is 4.57 Å². The van der Waals surface area contributed by atoms with E-state index >= 15 is 0 Å².